The molecule has 0 saturated carbocycles. The molecule has 0 aliphatic heterocycles. The second-order valence-electron chi connectivity index (χ2n) is 3.66. The van der Waals surface area contributed by atoms with E-state index in [2.05, 4.69) is 9.72 Å². The molecular weight excluding hydrogens is 263 g/mol. The van der Waals surface area contributed by atoms with Gasteiger partial charge in [-0.15, -0.1) is 13.2 Å². The molecule has 2 rings (SSSR count). The molecule has 100 valence electrons. The number of alkyl halides is 3. The van der Waals surface area contributed by atoms with Crippen LogP contribution in [0.2, 0.25) is 0 Å². The van der Waals surface area contributed by atoms with Crippen LogP contribution in [0.25, 0.3) is 11.3 Å². The lowest BCUT2D eigenvalue weighted by Crippen LogP contribution is -2.16. The van der Waals surface area contributed by atoms with Crippen LogP contribution in [0.15, 0.2) is 36.4 Å². The maximum absolute atomic E-state index is 12.0. The number of nitrogens with one attached hydrogen (secondary N) is 1. The number of carbonyl (C=O) groups is 1. The van der Waals surface area contributed by atoms with Gasteiger partial charge in [-0.05, 0) is 42.0 Å². The van der Waals surface area contributed by atoms with Gasteiger partial charge >= 0.3 is 12.3 Å². The van der Waals surface area contributed by atoms with Crippen LogP contribution in [-0.4, -0.2) is 22.4 Å². The molecule has 7 heteroatoms. The Labute approximate surface area is 105 Å². The van der Waals surface area contributed by atoms with Crippen LogP contribution in [0.3, 0.4) is 0 Å². The third-order valence-corrected chi connectivity index (χ3v) is 2.32. The molecule has 0 spiro atoms. The lowest BCUT2D eigenvalue weighted by Gasteiger charge is -2.08. The summed E-state index contributed by atoms with van der Waals surface area (Å²) in [6, 6.07) is 8.02. The van der Waals surface area contributed by atoms with Crippen molar-refractivity contribution >= 4 is 5.97 Å². The minimum Gasteiger partial charge on any atom is -0.477 e. The number of aromatic amines is 1. The maximum Gasteiger partial charge on any atom is 0.573 e. The van der Waals surface area contributed by atoms with Crippen molar-refractivity contribution < 1.29 is 27.8 Å². The fourth-order valence-electron chi connectivity index (χ4n) is 1.52. The summed E-state index contributed by atoms with van der Waals surface area (Å²) in [4.78, 5) is 13.3. The highest BCUT2D eigenvalue weighted by atomic mass is 19.4. The minimum atomic E-state index is -4.73. The number of carboxylic acids is 1. The summed E-state index contributed by atoms with van der Waals surface area (Å²) in [5, 5.41) is 8.74. The molecule has 2 N–H and O–H groups in total. The van der Waals surface area contributed by atoms with Crippen molar-refractivity contribution in [1.82, 2.24) is 4.98 Å². The number of H-pyrrole nitrogens is 1. The van der Waals surface area contributed by atoms with Crippen LogP contribution >= 0.6 is 0 Å². The zero-order chi connectivity index (χ0) is 14.0. The van der Waals surface area contributed by atoms with E-state index < -0.39 is 12.3 Å². The smallest absolute Gasteiger partial charge is 0.477 e. The van der Waals surface area contributed by atoms with Gasteiger partial charge in [0, 0.05) is 5.69 Å². The van der Waals surface area contributed by atoms with Gasteiger partial charge in [0.15, 0.2) is 0 Å². The van der Waals surface area contributed by atoms with Gasteiger partial charge in [-0.1, -0.05) is 0 Å². The average molecular weight is 271 g/mol. The minimum absolute atomic E-state index is 0.00520. The predicted molar refractivity (Wildman–Crippen MR) is 59.9 cm³/mol. The molecule has 1 aromatic carbocycles. The molecule has 1 heterocycles. The van der Waals surface area contributed by atoms with E-state index in [0.717, 1.165) is 12.1 Å². The third kappa shape index (κ3) is 3.27. The molecule has 19 heavy (non-hydrogen) atoms. The number of hydrogen-bond donors (Lipinski definition) is 2. The summed E-state index contributed by atoms with van der Waals surface area (Å²) < 4.78 is 39.6. The number of rotatable bonds is 3. The second kappa shape index (κ2) is 4.68. The number of carboxylic acid groups (broad SMARTS) is 1. The van der Waals surface area contributed by atoms with Gasteiger partial charge in [0.25, 0.3) is 0 Å². The highest BCUT2D eigenvalue weighted by molar-refractivity contribution is 5.86. The van der Waals surface area contributed by atoms with Crippen molar-refractivity contribution in [3.05, 3.63) is 42.1 Å². The summed E-state index contributed by atoms with van der Waals surface area (Å²) in [5.74, 6) is -1.44. The van der Waals surface area contributed by atoms with Crippen LogP contribution in [-0.2, 0) is 0 Å². The van der Waals surface area contributed by atoms with E-state index in [9.17, 15) is 18.0 Å². The average Bonchev–Trinajstić information content (AvgIpc) is 2.77. The second-order valence-corrected chi connectivity index (χ2v) is 3.66. The van der Waals surface area contributed by atoms with E-state index in [1.807, 2.05) is 0 Å². The highest BCUT2D eigenvalue weighted by Crippen LogP contribution is 2.26. The Kier molecular flexibility index (Phi) is 3.20. The van der Waals surface area contributed by atoms with Gasteiger partial charge in [-0.3, -0.25) is 0 Å². The quantitative estimate of drug-likeness (QED) is 0.900. The van der Waals surface area contributed by atoms with E-state index in [4.69, 9.17) is 5.11 Å². The van der Waals surface area contributed by atoms with Crippen LogP contribution in [0, 0.1) is 0 Å². The SMILES string of the molecule is O=C(O)c1ccc(-c2ccc(OC(F)(F)F)cc2)[nH]1. The molecule has 0 saturated heterocycles. The lowest BCUT2D eigenvalue weighted by atomic mass is 10.1. The molecule has 0 amide bonds. The predicted octanol–water partition coefficient (Wildman–Crippen LogP) is 3.28. The molecule has 1 aromatic heterocycles. The van der Waals surface area contributed by atoms with Crippen LogP contribution in [0.4, 0.5) is 13.2 Å². The van der Waals surface area contributed by atoms with Crippen molar-refractivity contribution in [1.29, 1.82) is 0 Å². The Balaban J connectivity index is 2.20. The van der Waals surface area contributed by atoms with E-state index >= 15 is 0 Å². The molecular formula is C12H8F3NO3. The van der Waals surface area contributed by atoms with Crippen molar-refractivity contribution in [2.24, 2.45) is 0 Å². The zero-order valence-corrected chi connectivity index (χ0v) is 9.36. The Morgan fingerprint density at radius 1 is 1.11 bits per heavy atom. The molecule has 0 aliphatic rings. The summed E-state index contributed by atoms with van der Waals surface area (Å²) in [6.45, 7) is 0. The van der Waals surface area contributed by atoms with E-state index in [-0.39, 0.29) is 11.4 Å². The normalized spacial score (nSPS) is 11.3. The van der Waals surface area contributed by atoms with Gasteiger partial charge in [0.2, 0.25) is 0 Å². The molecule has 0 atom stereocenters. The maximum atomic E-state index is 12.0. The van der Waals surface area contributed by atoms with Crippen molar-refractivity contribution in [3.8, 4) is 17.0 Å². The number of aromatic carboxylic acids is 1. The molecule has 4 nitrogen and oxygen atoms in total. The zero-order valence-electron chi connectivity index (χ0n) is 9.36. The molecule has 0 radical (unpaired) electrons. The van der Waals surface area contributed by atoms with Crippen LogP contribution < -0.4 is 4.74 Å². The first-order valence-electron chi connectivity index (χ1n) is 5.13. The Bertz CT molecular complexity index is 587. The molecule has 0 unspecified atom stereocenters. The van der Waals surface area contributed by atoms with Gasteiger partial charge < -0.3 is 14.8 Å². The number of aromatic nitrogens is 1. The first-order valence-corrected chi connectivity index (χ1v) is 5.13. The Hall–Kier alpha value is -2.44. The van der Waals surface area contributed by atoms with Gasteiger partial charge in [-0.2, -0.15) is 0 Å². The summed E-state index contributed by atoms with van der Waals surface area (Å²) in [6.07, 6.45) is -4.73. The standard InChI is InChI=1S/C12H8F3NO3/c13-12(14,15)19-8-3-1-7(2-4-8)9-5-6-10(16-9)11(17)18/h1-6,16H,(H,17,18). The van der Waals surface area contributed by atoms with Crippen molar-refractivity contribution in [2.45, 2.75) is 6.36 Å². The fourth-order valence-corrected chi connectivity index (χ4v) is 1.52. The number of hydrogen-bond acceptors (Lipinski definition) is 2. The molecule has 0 fully saturated rings. The van der Waals surface area contributed by atoms with Gasteiger partial charge in [0.05, 0.1) is 0 Å². The van der Waals surface area contributed by atoms with Crippen molar-refractivity contribution in [3.63, 3.8) is 0 Å². The first-order chi connectivity index (χ1) is 8.85. The Morgan fingerprint density at radius 3 is 2.21 bits per heavy atom. The summed E-state index contributed by atoms with van der Waals surface area (Å²) in [7, 11) is 0. The highest BCUT2D eigenvalue weighted by Gasteiger charge is 2.30. The van der Waals surface area contributed by atoms with E-state index in [1.165, 1.54) is 24.3 Å². The fraction of sp³-hybridized carbons (Fsp3) is 0.0833. The van der Waals surface area contributed by atoms with E-state index in [0.29, 0.717) is 11.3 Å². The largest absolute Gasteiger partial charge is 0.573 e. The number of ether oxygens (including phenoxy) is 1. The summed E-state index contributed by atoms with van der Waals surface area (Å²) in [5.41, 5.74) is 1.06. The number of halogens is 3. The molecule has 0 aliphatic carbocycles. The van der Waals surface area contributed by atoms with Crippen molar-refractivity contribution in [2.75, 3.05) is 0 Å². The van der Waals surface area contributed by atoms with Crippen LogP contribution in [0.5, 0.6) is 5.75 Å². The topological polar surface area (TPSA) is 62.3 Å². The molecule has 2 aromatic rings. The Morgan fingerprint density at radius 2 is 1.74 bits per heavy atom. The third-order valence-electron chi connectivity index (χ3n) is 2.32. The van der Waals surface area contributed by atoms with Crippen LogP contribution in [0.1, 0.15) is 10.5 Å². The number of benzene rings is 1. The first kappa shape index (κ1) is 13.0. The van der Waals surface area contributed by atoms with Gasteiger partial charge in [-0.25, -0.2) is 4.79 Å². The lowest BCUT2D eigenvalue weighted by molar-refractivity contribution is -0.274. The monoisotopic (exact) mass is 271 g/mol. The molecule has 0 bridgehead atoms. The van der Waals surface area contributed by atoms with Gasteiger partial charge in [0.1, 0.15) is 11.4 Å². The summed E-state index contributed by atoms with van der Waals surface area (Å²) >= 11 is 0. The van der Waals surface area contributed by atoms with E-state index in [1.54, 1.807) is 0 Å².